The summed E-state index contributed by atoms with van der Waals surface area (Å²) < 4.78 is 20.2. The summed E-state index contributed by atoms with van der Waals surface area (Å²) in [5.41, 5.74) is 11.9. The smallest absolute Gasteiger partial charge is 0.273 e. The lowest BCUT2D eigenvalue weighted by Crippen LogP contribution is -2.44. The maximum Gasteiger partial charge on any atom is 0.273 e. The van der Waals surface area contributed by atoms with Gasteiger partial charge in [-0.05, 0) is 53.7 Å². The Balaban J connectivity index is 2.24. The lowest BCUT2D eigenvalue weighted by molar-refractivity contribution is -0.122. The van der Waals surface area contributed by atoms with Crippen LogP contribution in [0.15, 0.2) is 42.5 Å². The zero-order valence-electron chi connectivity index (χ0n) is 22.5. The van der Waals surface area contributed by atoms with Gasteiger partial charge in [0.05, 0.1) is 27.0 Å². The van der Waals surface area contributed by atoms with Crippen molar-refractivity contribution in [1.82, 2.24) is 9.69 Å². The molecule has 12 heteroatoms. The summed E-state index contributed by atoms with van der Waals surface area (Å²) in [6.45, 7) is 4.49. The molecular formula is C27H33N5O6S. The van der Waals surface area contributed by atoms with Gasteiger partial charge in [-0.15, -0.1) is 0 Å². The van der Waals surface area contributed by atoms with E-state index in [1.807, 2.05) is 13.8 Å². The van der Waals surface area contributed by atoms with E-state index >= 15 is 0 Å². The number of amides is 3. The predicted octanol–water partition coefficient (Wildman–Crippen LogP) is 3.40. The van der Waals surface area contributed by atoms with Crippen LogP contribution in [0.1, 0.15) is 52.0 Å². The Morgan fingerprint density at radius 1 is 1.03 bits per heavy atom. The van der Waals surface area contributed by atoms with Crippen molar-refractivity contribution in [1.29, 1.82) is 0 Å². The third kappa shape index (κ3) is 6.58. The van der Waals surface area contributed by atoms with Crippen LogP contribution in [-0.4, -0.2) is 50.0 Å². The molecule has 0 fully saturated rings. The highest BCUT2D eigenvalue weighted by Gasteiger charge is 2.36. The van der Waals surface area contributed by atoms with Gasteiger partial charge in [-0.2, -0.15) is 4.37 Å². The molecular weight excluding hydrogens is 522 g/mol. The molecule has 0 saturated carbocycles. The Morgan fingerprint density at radius 2 is 1.74 bits per heavy atom. The number of rotatable bonds is 12. The Hall–Kier alpha value is -4.32. The van der Waals surface area contributed by atoms with E-state index in [1.165, 1.54) is 26.2 Å². The average molecular weight is 556 g/mol. The van der Waals surface area contributed by atoms with Crippen molar-refractivity contribution in [2.75, 3.05) is 38.5 Å². The number of ether oxygens (including phenoxy) is 3. The van der Waals surface area contributed by atoms with Gasteiger partial charge in [0.2, 0.25) is 5.91 Å². The van der Waals surface area contributed by atoms with Gasteiger partial charge in [0.1, 0.15) is 16.7 Å². The first-order chi connectivity index (χ1) is 18.6. The molecule has 0 bridgehead atoms. The molecule has 1 aromatic heterocycles. The molecule has 5 N–H and O–H groups in total. The fourth-order valence-corrected chi connectivity index (χ4v) is 4.65. The molecule has 3 rings (SSSR count). The first kappa shape index (κ1) is 29.2. The van der Waals surface area contributed by atoms with Gasteiger partial charge >= 0.3 is 0 Å². The van der Waals surface area contributed by atoms with Crippen molar-refractivity contribution in [2.24, 2.45) is 11.7 Å². The maximum atomic E-state index is 14.2. The van der Waals surface area contributed by atoms with Crippen molar-refractivity contribution in [3.8, 4) is 17.2 Å². The number of nitrogens with two attached hydrogens (primary N) is 2. The van der Waals surface area contributed by atoms with E-state index in [-0.39, 0.29) is 16.3 Å². The lowest BCUT2D eigenvalue weighted by atomic mass is 10.0. The summed E-state index contributed by atoms with van der Waals surface area (Å²) in [6, 6.07) is 10.5. The van der Waals surface area contributed by atoms with Crippen LogP contribution >= 0.6 is 11.5 Å². The van der Waals surface area contributed by atoms with Gasteiger partial charge in [-0.3, -0.25) is 19.3 Å². The molecule has 0 aliphatic heterocycles. The molecule has 1 unspecified atom stereocenters. The largest absolute Gasteiger partial charge is 0.497 e. The van der Waals surface area contributed by atoms with E-state index in [2.05, 4.69) is 9.69 Å². The van der Waals surface area contributed by atoms with E-state index in [4.69, 9.17) is 25.7 Å². The summed E-state index contributed by atoms with van der Waals surface area (Å²) >= 11 is 0.731. The molecule has 0 aliphatic carbocycles. The number of nitrogens with one attached hydrogen (secondary N) is 1. The van der Waals surface area contributed by atoms with E-state index in [0.717, 1.165) is 18.0 Å². The van der Waals surface area contributed by atoms with E-state index < -0.39 is 23.8 Å². The summed E-state index contributed by atoms with van der Waals surface area (Å²) in [7, 11) is 4.48. The number of carbonyl (C=O) groups excluding carboxylic acids is 3. The number of methoxy groups -OCH3 is 3. The number of primary amides is 1. The molecule has 2 aromatic carbocycles. The van der Waals surface area contributed by atoms with Crippen molar-refractivity contribution in [3.05, 3.63) is 58.6 Å². The number of hydrogen-bond acceptors (Lipinski definition) is 9. The van der Waals surface area contributed by atoms with Crippen molar-refractivity contribution in [2.45, 2.75) is 26.3 Å². The Kier molecular flexibility index (Phi) is 9.72. The molecule has 208 valence electrons. The van der Waals surface area contributed by atoms with Crippen LogP contribution in [0, 0.1) is 5.92 Å². The summed E-state index contributed by atoms with van der Waals surface area (Å²) in [4.78, 5) is 41.1. The fraction of sp³-hybridized carbons (Fsp3) is 0.333. The van der Waals surface area contributed by atoms with Gasteiger partial charge in [-0.25, -0.2) is 0 Å². The topological polar surface area (TPSA) is 159 Å². The number of aromatic nitrogens is 1. The lowest BCUT2D eigenvalue weighted by Gasteiger charge is -2.32. The first-order valence-electron chi connectivity index (χ1n) is 12.1. The van der Waals surface area contributed by atoms with E-state index in [9.17, 15) is 14.4 Å². The molecule has 0 spiro atoms. The SMILES string of the molecule is COc1cccc(N(C(=O)c2snc(C(N)=O)c2N)C(C(=O)NCCC(C)C)c2ccc(OC)c(OC)c2)c1. The highest BCUT2D eigenvalue weighted by molar-refractivity contribution is 7.09. The van der Waals surface area contributed by atoms with Gasteiger partial charge in [0.25, 0.3) is 11.8 Å². The average Bonchev–Trinajstić information content (AvgIpc) is 3.32. The standard InChI is InChI=1S/C27H33N5O6S/c1-15(2)11-12-30-26(34)23(16-9-10-19(37-4)20(13-16)38-5)32(17-7-6-8-18(14-17)36-3)27(35)24-21(28)22(25(29)33)31-39-24/h6-10,13-15,23H,11-12,28H2,1-5H3,(H2,29,33)(H,30,34). The van der Waals surface area contributed by atoms with Crippen LogP contribution in [0.4, 0.5) is 11.4 Å². The van der Waals surface area contributed by atoms with Crippen LogP contribution in [0.2, 0.25) is 0 Å². The van der Waals surface area contributed by atoms with Crippen molar-refractivity contribution >= 4 is 40.6 Å². The minimum atomic E-state index is -1.17. The zero-order valence-corrected chi connectivity index (χ0v) is 23.3. The molecule has 1 heterocycles. The van der Waals surface area contributed by atoms with Crippen molar-refractivity contribution < 1.29 is 28.6 Å². The number of hydrogen-bond donors (Lipinski definition) is 3. The van der Waals surface area contributed by atoms with Crippen LogP contribution in [-0.2, 0) is 4.79 Å². The Labute approximate surface area is 231 Å². The third-order valence-electron chi connectivity index (χ3n) is 5.96. The first-order valence-corrected chi connectivity index (χ1v) is 12.9. The monoisotopic (exact) mass is 555 g/mol. The van der Waals surface area contributed by atoms with Gasteiger partial charge in [-0.1, -0.05) is 26.0 Å². The molecule has 11 nitrogen and oxygen atoms in total. The van der Waals surface area contributed by atoms with E-state index in [1.54, 1.807) is 42.5 Å². The fourth-order valence-electron chi connectivity index (χ4n) is 3.90. The number of anilines is 2. The van der Waals surface area contributed by atoms with Crippen LogP contribution < -0.4 is 35.9 Å². The number of nitrogen functional groups attached to an aromatic ring is 1. The molecule has 0 aliphatic rings. The highest BCUT2D eigenvalue weighted by atomic mass is 32.1. The number of carbonyl (C=O) groups is 3. The molecule has 1 atom stereocenters. The second kappa shape index (κ2) is 13.0. The molecule has 39 heavy (non-hydrogen) atoms. The minimum Gasteiger partial charge on any atom is -0.497 e. The summed E-state index contributed by atoms with van der Waals surface area (Å²) in [5.74, 6) is -0.296. The Morgan fingerprint density at radius 3 is 2.33 bits per heavy atom. The van der Waals surface area contributed by atoms with Crippen LogP contribution in [0.25, 0.3) is 0 Å². The maximum absolute atomic E-state index is 14.2. The second-order valence-corrected chi connectivity index (χ2v) is 9.78. The Bertz CT molecular complexity index is 1340. The predicted molar refractivity (Wildman–Crippen MR) is 150 cm³/mol. The van der Waals surface area contributed by atoms with Crippen LogP contribution in [0.3, 0.4) is 0 Å². The molecule has 0 saturated heterocycles. The van der Waals surface area contributed by atoms with Crippen molar-refractivity contribution in [3.63, 3.8) is 0 Å². The summed E-state index contributed by atoms with van der Waals surface area (Å²) in [6.07, 6.45) is 0.737. The quantitative estimate of drug-likeness (QED) is 0.307. The summed E-state index contributed by atoms with van der Waals surface area (Å²) in [5, 5.41) is 2.95. The minimum absolute atomic E-state index is 0.0351. The second-order valence-electron chi connectivity index (χ2n) is 9.01. The van der Waals surface area contributed by atoms with Gasteiger partial charge in [0.15, 0.2) is 17.2 Å². The molecule has 3 aromatic rings. The van der Waals surface area contributed by atoms with Gasteiger partial charge < -0.3 is 31.0 Å². The number of benzene rings is 2. The highest BCUT2D eigenvalue weighted by Crippen LogP contribution is 2.37. The number of nitrogens with zero attached hydrogens (tertiary/aromatic N) is 2. The van der Waals surface area contributed by atoms with E-state index in [0.29, 0.717) is 41.0 Å². The van der Waals surface area contributed by atoms with Crippen LogP contribution in [0.5, 0.6) is 17.2 Å². The molecule has 3 amide bonds. The van der Waals surface area contributed by atoms with Gasteiger partial charge in [0, 0.05) is 18.3 Å². The zero-order chi connectivity index (χ0) is 28.7. The third-order valence-corrected chi connectivity index (χ3v) is 6.81. The molecule has 0 radical (unpaired) electrons. The normalized spacial score (nSPS) is 11.5.